The van der Waals surface area contributed by atoms with Crippen molar-refractivity contribution in [3.05, 3.63) is 96.1 Å². The summed E-state index contributed by atoms with van der Waals surface area (Å²) in [5, 5.41) is 17.2. The monoisotopic (exact) mass is 543 g/mol. The van der Waals surface area contributed by atoms with E-state index in [-0.39, 0.29) is 30.1 Å². The number of morpholine rings is 1. The molecule has 0 radical (unpaired) electrons. The van der Waals surface area contributed by atoms with Crippen molar-refractivity contribution in [2.75, 3.05) is 26.3 Å². The molecular weight excluding hydrogens is 518 g/mol. The van der Waals surface area contributed by atoms with E-state index in [0.29, 0.717) is 35.8 Å². The zero-order valence-corrected chi connectivity index (χ0v) is 21.7. The Morgan fingerprint density at radius 1 is 1.08 bits per heavy atom. The third kappa shape index (κ3) is 5.83. The lowest BCUT2D eigenvalue weighted by Crippen LogP contribution is -2.40. The Bertz CT molecular complexity index is 1630. The van der Waals surface area contributed by atoms with Crippen molar-refractivity contribution in [2.45, 2.75) is 11.4 Å². The normalized spacial score (nSPS) is 14.6. The van der Waals surface area contributed by atoms with Crippen LogP contribution >= 0.6 is 0 Å². The minimum Gasteiger partial charge on any atom is -0.467 e. The Labute approximate surface area is 225 Å². The molecule has 1 saturated heterocycles. The van der Waals surface area contributed by atoms with Crippen molar-refractivity contribution >= 4 is 22.0 Å². The van der Waals surface area contributed by atoms with Gasteiger partial charge in [0.1, 0.15) is 23.1 Å². The van der Waals surface area contributed by atoms with Crippen LogP contribution in [0.2, 0.25) is 0 Å². The molecule has 1 fully saturated rings. The Balaban J connectivity index is 1.53. The number of nitrogens with one attached hydrogen (secondary N) is 1. The van der Waals surface area contributed by atoms with Gasteiger partial charge in [0, 0.05) is 30.4 Å². The van der Waals surface area contributed by atoms with Crippen molar-refractivity contribution in [3.8, 4) is 23.0 Å². The van der Waals surface area contributed by atoms with E-state index in [1.807, 2.05) is 36.4 Å². The number of ether oxygens (including phenoxy) is 1. The second kappa shape index (κ2) is 11.5. The fraction of sp³-hybridized carbons (Fsp3) is 0.179. The number of nitriles is 1. The first-order valence-electron chi connectivity index (χ1n) is 12.2. The quantitative estimate of drug-likeness (QED) is 0.266. The molecule has 39 heavy (non-hydrogen) atoms. The Kier molecular flexibility index (Phi) is 7.69. The number of hydrogen-bond donors (Lipinski definition) is 1. The van der Waals surface area contributed by atoms with Gasteiger partial charge in [0.25, 0.3) is 5.91 Å². The van der Waals surface area contributed by atoms with E-state index in [1.165, 1.54) is 16.6 Å². The molecule has 1 N–H and O–H groups in total. The van der Waals surface area contributed by atoms with Crippen LogP contribution in [0.3, 0.4) is 0 Å². The molecule has 5 rings (SSSR count). The smallest absolute Gasteiger partial charge is 0.262 e. The number of furan rings is 1. The first kappa shape index (κ1) is 26.1. The maximum absolute atomic E-state index is 13.3. The van der Waals surface area contributed by atoms with Crippen molar-refractivity contribution in [3.63, 3.8) is 0 Å². The Morgan fingerprint density at radius 2 is 1.87 bits per heavy atom. The number of sulfonamides is 1. The number of para-hydroxylation sites is 1. The van der Waals surface area contributed by atoms with Gasteiger partial charge in [0.05, 0.1) is 36.6 Å². The molecule has 0 aliphatic carbocycles. The summed E-state index contributed by atoms with van der Waals surface area (Å²) >= 11 is 0. The number of nitrogens with zero attached hydrogens (tertiary/aromatic N) is 4. The van der Waals surface area contributed by atoms with Crippen LogP contribution in [-0.4, -0.2) is 54.7 Å². The summed E-state index contributed by atoms with van der Waals surface area (Å²) < 4.78 is 40.1. The maximum Gasteiger partial charge on any atom is 0.262 e. The first-order chi connectivity index (χ1) is 19.0. The SMILES string of the molecule is N#CC(=Cc1cn(-c2ccccc2)nc1-c1cccc(S(=O)(=O)N2CCOCC2)c1)C(=O)NCc1ccco1. The number of aromatic nitrogens is 2. The lowest BCUT2D eigenvalue weighted by atomic mass is 10.1. The summed E-state index contributed by atoms with van der Waals surface area (Å²) in [6.07, 6.45) is 4.65. The number of benzene rings is 2. The highest BCUT2D eigenvalue weighted by Crippen LogP contribution is 2.29. The van der Waals surface area contributed by atoms with E-state index in [0.717, 1.165) is 5.69 Å². The van der Waals surface area contributed by atoms with Gasteiger partial charge in [-0.05, 0) is 42.5 Å². The average molecular weight is 544 g/mol. The van der Waals surface area contributed by atoms with E-state index in [4.69, 9.17) is 14.3 Å². The molecule has 0 atom stereocenters. The van der Waals surface area contributed by atoms with E-state index in [1.54, 1.807) is 47.3 Å². The van der Waals surface area contributed by atoms with Gasteiger partial charge >= 0.3 is 0 Å². The lowest BCUT2D eigenvalue weighted by Gasteiger charge is -2.26. The zero-order valence-electron chi connectivity index (χ0n) is 20.9. The minimum atomic E-state index is -3.74. The van der Waals surface area contributed by atoms with Gasteiger partial charge in [-0.25, -0.2) is 13.1 Å². The number of rotatable bonds is 8. The summed E-state index contributed by atoms with van der Waals surface area (Å²) in [7, 11) is -3.74. The second-order valence-electron chi connectivity index (χ2n) is 8.69. The fourth-order valence-corrected chi connectivity index (χ4v) is 5.60. The van der Waals surface area contributed by atoms with Crippen LogP contribution in [0.4, 0.5) is 0 Å². The minimum absolute atomic E-state index is 0.127. The second-order valence-corrected chi connectivity index (χ2v) is 10.6. The molecule has 1 aliphatic heterocycles. The van der Waals surface area contributed by atoms with Crippen molar-refractivity contribution in [2.24, 2.45) is 0 Å². The molecule has 10 nitrogen and oxygen atoms in total. The molecule has 2 aromatic carbocycles. The van der Waals surface area contributed by atoms with Gasteiger partial charge in [-0.3, -0.25) is 4.79 Å². The number of carbonyl (C=O) groups is 1. The summed E-state index contributed by atoms with van der Waals surface area (Å²) in [6, 6.07) is 21.2. The highest BCUT2D eigenvalue weighted by molar-refractivity contribution is 7.89. The van der Waals surface area contributed by atoms with Crippen molar-refractivity contribution in [1.29, 1.82) is 5.26 Å². The lowest BCUT2D eigenvalue weighted by molar-refractivity contribution is -0.117. The van der Waals surface area contributed by atoms with Gasteiger partial charge in [0.15, 0.2) is 0 Å². The van der Waals surface area contributed by atoms with Crippen LogP contribution in [0.5, 0.6) is 0 Å². The van der Waals surface area contributed by atoms with Crippen molar-refractivity contribution < 1.29 is 22.4 Å². The molecule has 4 aromatic rings. The van der Waals surface area contributed by atoms with Gasteiger partial charge < -0.3 is 14.5 Å². The van der Waals surface area contributed by atoms with Gasteiger partial charge in [0.2, 0.25) is 10.0 Å². The van der Waals surface area contributed by atoms with Gasteiger partial charge in [-0.15, -0.1) is 0 Å². The highest BCUT2D eigenvalue weighted by atomic mass is 32.2. The predicted molar refractivity (Wildman–Crippen MR) is 143 cm³/mol. The van der Waals surface area contributed by atoms with Gasteiger partial charge in [-0.2, -0.15) is 14.7 Å². The molecular formula is C28H25N5O5S. The van der Waals surface area contributed by atoms with E-state index in [2.05, 4.69) is 5.32 Å². The number of hydrogen-bond acceptors (Lipinski definition) is 7. The summed E-state index contributed by atoms with van der Waals surface area (Å²) in [5.74, 6) is -0.0209. The summed E-state index contributed by atoms with van der Waals surface area (Å²) in [5.41, 5.74) is 2.05. The highest BCUT2D eigenvalue weighted by Gasteiger charge is 2.27. The summed E-state index contributed by atoms with van der Waals surface area (Å²) in [6.45, 7) is 1.37. The molecule has 1 amide bonds. The van der Waals surface area contributed by atoms with Crippen LogP contribution in [0.1, 0.15) is 11.3 Å². The van der Waals surface area contributed by atoms with Gasteiger partial charge in [-0.1, -0.05) is 30.3 Å². The Morgan fingerprint density at radius 3 is 2.59 bits per heavy atom. The average Bonchev–Trinajstić information content (AvgIpc) is 3.66. The molecule has 1 aliphatic rings. The largest absolute Gasteiger partial charge is 0.467 e. The topological polar surface area (TPSA) is 130 Å². The third-order valence-corrected chi connectivity index (χ3v) is 8.04. The van der Waals surface area contributed by atoms with E-state index in [9.17, 15) is 18.5 Å². The third-order valence-electron chi connectivity index (χ3n) is 6.15. The predicted octanol–water partition coefficient (Wildman–Crippen LogP) is 3.38. The molecule has 3 heterocycles. The molecule has 0 bridgehead atoms. The van der Waals surface area contributed by atoms with Crippen LogP contribution in [-0.2, 0) is 26.1 Å². The number of carbonyl (C=O) groups excluding carboxylic acids is 1. The van der Waals surface area contributed by atoms with E-state index < -0.39 is 15.9 Å². The molecule has 0 spiro atoms. The number of amides is 1. The zero-order chi connectivity index (χ0) is 27.2. The standard InChI is InChI=1S/C28H25N5O5S/c29-18-22(28(34)30-19-25-9-5-13-38-25)16-23-20-33(24-7-2-1-3-8-24)31-27(23)21-6-4-10-26(17-21)39(35,36)32-11-14-37-15-12-32/h1-10,13,16-17,20H,11-12,14-15,19H2,(H,30,34). The molecule has 0 unspecified atom stereocenters. The Hall–Kier alpha value is -4.50. The van der Waals surface area contributed by atoms with Crippen LogP contribution < -0.4 is 5.32 Å². The molecule has 2 aromatic heterocycles. The van der Waals surface area contributed by atoms with Crippen LogP contribution in [0, 0.1) is 11.3 Å². The van der Waals surface area contributed by atoms with E-state index >= 15 is 0 Å². The fourth-order valence-electron chi connectivity index (χ4n) is 4.15. The summed E-state index contributed by atoms with van der Waals surface area (Å²) in [4.78, 5) is 12.9. The van der Waals surface area contributed by atoms with Crippen molar-refractivity contribution in [1.82, 2.24) is 19.4 Å². The maximum atomic E-state index is 13.3. The van der Waals surface area contributed by atoms with Crippen LogP contribution in [0.15, 0.2) is 94.1 Å². The first-order valence-corrected chi connectivity index (χ1v) is 13.7. The van der Waals surface area contributed by atoms with Crippen LogP contribution in [0.25, 0.3) is 23.0 Å². The molecule has 11 heteroatoms. The molecule has 0 saturated carbocycles. The molecule has 198 valence electrons.